The van der Waals surface area contributed by atoms with E-state index in [4.69, 9.17) is 23.7 Å². The zero-order valence-corrected chi connectivity index (χ0v) is 35.2. The standard InChI is InChI=1S/C25H32O5.C24H30O5/c1-3-5-18-29-22-12-8-20(9-13-22)19-6-10-21(11-7-19)25(27)16-14-23(15-17-25)30-24(26)28-4-2;1-3-4-17-28-21-11-7-19(8-12-21)18-5-9-20(10-6-18)24(26)15-13-22(14-16-24)29-23(25)27-2/h6-13,23,27H,3-5,14-18H2,1-2H3;5-12,22,26H,3-4,13-17H2,1-2H3. The van der Waals surface area contributed by atoms with Gasteiger partial charge in [0.25, 0.3) is 0 Å². The Kier molecular flexibility index (Phi) is 17.1. The molecule has 0 bridgehead atoms. The summed E-state index contributed by atoms with van der Waals surface area (Å²) in [5, 5.41) is 22.2. The van der Waals surface area contributed by atoms with Crippen LogP contribution in [0.5, 0.6) is 11.5 Å². The van der Waals surface area contributed by atoms with Crippen LogP contribution < -0.4 is 9.47 Å². The molecule has 0 atom stereocenters. The maximum Gasteiger partial charge on any atom is 0.508 e. The Hall–Kier alpha value is -5.06. The molecule has 0 aromatic heterocycles. The van der Waals surface area contributed by atoms with E-state index in [9.17, 15) is 19.8 Å². The van der Waals surface area contributed by atoms with Crippen molar-refractivity contribution in [2.45, 2.75) is 121 Å². The van der Waals surface area contributed by atoms with Crippen LogP contribution in [0.15, 0.2) is 97.1 Å². The molecule has 10 nitrogen and oxygen atoms in total. The highest BCUT2D eigenvalue weighted by atomic mass is 16.7. The van der Waals surface area contributed by atoms with E-state index in [1.165, 1.54) is 7.11 Å². The summed E-state index contributed by atoms with van der Waals surface area (Å²) in [6, 6.07) is 32.3. The quantitative estimate of drug-likeness (QED) is 0.0884. The van der Waals surface area contributed by atoms with Crippen molar-refractivity contribution < 1.29 is 48.2 Å². The molecule has 0 aliphatic heterocycles. The molecule has 4 aromatic rings. The largest absolute Gasteiger partial charge is 0.508 e. The van der Waals surface area contributed by atoms with Gasteiger partial charge in [0.15, 0.2) is 0 Å². The molecule has 0 radical (unpaired) electrons. The highest BCUT2D eigenvalue weighted by Crippen LogP contribution is 2.40. The highest BCUT2D eigenvalue weighted by molar-refractivity contribution is 5.66. The van der Waals surface area contributed by atoms with Gasteiger partial charge in [0.2, 0.25) is 0 Å². The third-order valence-corrected chi connectivity index (χ3v) is 11.2. The summed E-state index contributed by atoms with van der Waals surface area (Å²) >= 11 is 0. The first-order valence-electron chi connectivity index (χ1n) is 21.3. The molecule has 2 fully saturated rings. The van der Waals surface area contributed by atoms with Gasteiger partial charge in [0, 0.05) is 0 Å². The van der Waals surface area contributed by atoms with E-state index in [1.807, 2.05) is 72.8 Å². The van der Waals surface area contributed by atoms with Crippen LogP contribution in [0.3, 0.4) is 0 Å². The summed E-state index contributed by atoms with van der Waals surface area (Å²) in [7, 11) is 1.30. The van der Waals surface area contributed by atoms with Crippen LogP contribution in [0, 0.1) is 0 Å². The molecule has 2 saturated carbocycles. The molecule has 4 aromatic carbocycles. The molecule has 59 heavy (non-hydrogen) atoms. The van der Waals surface area contributed by atoms with Crippen molar-refractivity contribution in [2.24, 2.45) is 0 Å². The van der Waals surface area contributed by atoms with Gasteiger partial charge in [-0.2, -0.15) is 0 Å². The van der Waals surface area contributed by atoms with Gasteiger partial charge in [0.05, 0.1) is 38.1 Å². The maximum atomic E-state index is 11.5. The molecule has 0 saturated heterocycles. The lowest BCUT2D eigenvalue weighted by atomic mass is 9.78. The van der Waals surface area contributed by atoms with Gasteiger partial charge in [-0.3, -0.25) is 0 Å². The number of methoxy groups -OCH3 is 1. The SMILES string of the molecule is CCCCOc1ccc(-c2ccc(C3(O)CCC(OC(=O)OC)CC3)cc2)cc1.CCCCOc1ccc(-c2ccc(C3(O)CCC(OC(=O)OCC)CC3)cc2)cc1. The summed E-state index contributed by atoms with van der Waals surface area (Å²) in [5.74, 6) is 1.78. The first-order valence-corrected chi connectivity index (χ1v) is 21.3. The minimum absolute atomic E-state index is 0.193. The fourth-order valence-electron chi connectivity index (χ4n) is 7.52. The third-order valence-electron chi connectivity index (χ3n) is 11.2. The molecule has 0 heterocycles. The predicted octanol–water partition coefficient (Wildman–Crippen LogP) is 11.3. The Morgan fingerprint density at radius 1 is 0.542 bits per heavy atom. The summed E-state index contributed by atoms with van der Waals surface area (Å²) in [6.07, 6.45) is 7.38. The van der Waals surface area contributed by atoms with Crippen LogP contribution in [-0.4, -0.2) is 61.7 Å². The van der Waals surface area contributed by atoms with Crippen molar-refractivity contribution in [1.82, 2.24) is 0 Å². The Morgan fingerprint density at radius 3 is 1.20 bits per heavy atom. The lowest BCUT2D eigenvalue weighted by molar-refractivity contribution is -0.0530. The average molecular weight is 811 g/mol. The van der Waals surface area contributed by atoms with Gasteiger partial charge < -0.3 is 38.6 Å². The van der Waals surface area contributed by atoms with Crippen LogP contribution in [0.1, 0.15) is 109 Å². The Morgan fingerprint density at radius 2 is 0.881 bits per heavy atom. The summed E-state index contributed by atoms with van der Waals surface area (Å²) < 4.78 is 31.3. The molecule has 6 rings (SSSR count). The highest BCUT2D eigenvalue weighted by Gasteiger charge is 2.37. The van der Waals surface area contributed by atoms with Gasteiger partial charge in [0.1, 0.15) is 23.7 Å². The van der Waals surface area contributed by atoms with Crippen molar-refractivity contribution >= 4 is 12.3 Å². The Labute approximate surface area is 349 Å². The van der Waals surface area contributed by atoms with Crippen molar-refractivity contribution in [2.75, 3.05) is 26.9 Å². The van der Waals surface area contributed by atoms with Crippen molar-refractivity contribution in [3.63, 3.8) is 0 Å². The number of rotatable bonds is 15. The number of aliphatic hydroxyl groups is 2. The van der Waals surface area contributed by atoms with Gasteiger partial charge in [-0.25, -0.2) is 9.59 Å². The van der Waals surface area contributed by atoms with Crippen LogP contribution in [0.4, 0.5) is 9.59 Å². The van der Waals surface area contributed by atoms with Crippen molar-refractivity contribution in [3.8, 4) is 33.8 Å². The molecular formula is C49H62O10. The molecule has 0 amide bonds. The molecule has 318 valence electrons. The second-order valence-electron chi connectivity index (χ2n) is 15.4. The summed E-state index contributed by atoms with van der Waals surface area (Å²) in [4.78, 5) is 22.7. The molecule has 0 unspecified atom stereocenters. The molecular weight excluding hydrogens is 749 g/mol. The van der Waals surface area contributed by atoms with Crippen molar-refractivity contribution in [1.29, 1.82) is 0 Å². The fourth-order valence-corrected chi connectivity index (χ4v) is 7.52. The molecule has 10 heteroatoms. The first-order chi connectivity index (χ1) is 28.6. The van der Waals surface area contributed by atoms with E-state index >= 15 is 0 Å². The topological polar surface area (TPSA) is 130 Å². The lowest BCUT2D eigenvalue weighted by Crippen LogP contribution is -2.35. The number of carbonyl (C=O) groups excluding carboxylic acids is 2. The van der Waals surface area contributed by atoms with Gasteiger partial charge in [-0.05, 0) is 129 Å². The van der Waals surface area contributed by atoms with E-state index < -0.39 is 23.5 Å². The normalized spacial score (nSPS) is 21.3. The van der Waals surface area contributed by atoms with E-state index in [-0.39, 0.29) is 12.2 Å². The minimum atomic E-state index is -0.885. The van der Waals surface area contributed by atoms with E-state index in [0.717, 1.165) is 83.8 Å². The van der Waals surface area contributed by atoms with Crippen LogP contribution in [0.25, 0.3) is 22.3 Å². The number of benzene rings is 4. The second kappa shape index (κ2) is 22.3. The molecule has 2 aliphatic rings. The monoisotopic (exact) mass is 810 g/mol. The zero-order valence-electron chi connectivity index (χ0n) is 35.2. The lowest BCUT2D eigenvalue weighted by Gasteiger charge is -2.36. The van der Waals surface area contributed by atoms with Crippen molar-refractivity contribution in [3.05, 3.63) is 108 Å². The number of unbranched alkanes of at least 4 members (excludes halogenated alkanes) is 2. The Bertz CT molecular complexity index is 1840. The van der Waals surface area contributed by atoms with Crippen LogP contribution in [0.2, 0.25) is 0 Å². The molecule has 0 spiro atoms. The molecule has 2 aliphatic carbocycles. The van der Waals surface area contributed by atoms with E-state index in [2.05, 4.69) is 42.8 Å². The predicted molar refractivity (Wildman–Crippen MR) is 228 cm³/mol. The number of carbonyl (C=O) groups is 2. The third kappa shape index (κ3) is 13.2. The van der Waals surface area contributed by atoms with Gasteiger partial charge in [-0.15, -0.1) is 0 Å². The van der Waals surface area contributed by atoms with E-state index in [1.54, 1.807) is 6.92 Å². The number of ether oxygens (including phenoxy) is 6. The maximum absolute atomic E-state index is 11.5. The first kappa shape index (κ1) is 45.0. The minimum Gasteiger partial charge on any atom is -0.494 e. The smallest absolute Gasteiger partial charge is 0.494 e. The second-order valence-corrected chi connectivity index (χ2v) is 15.4. The number of hydrogen-bond donors (Lipinski definition) is 2. The summed E-state index contributed by atoms with van der Waals surface area (Å²) in [5.41, 5.74) is 4.46. The molecule has 2 N–H and O–H groups in total. The fraction of sp³-hybridized carbons (Fsp3) is 0.469. The van der Waals surface area contributed by atoms with Crippen LogP contribution in [-0.2, 0) is 30.1 Å². The van der Waals surface area contributed by atoms with Gasteiger partial charge in [-0.1, -0.05) is 99.5 Å². The van der Waals surface area contributed by atoms with Gasteiger partial charge >= 0.3 is 12.3 Å². The summed E-state index contributed by atoms with van der Waals surface area (Å²) in [6.45, 7) is 7.84. The Balaban J connectivity index is 0.000000224. The zero-order chi connectivity index (χ0) is 42.1. The van der Waals surface area contributed by atoms with Crippen LogP contribution >= 0.6 is 0 Å². The van der Waals surface area contributed by atoms with E-state index in [0.29, 0.717) is 58.0 Å². The number of hydrogen-bond acceptors (Lipinski definition) is 10. The average Bonchev–Trinajstić information content (AvgIpc) is 3.26.